The van der Waals surface area contributed by atoms with Crippen molar-refractivity contribution in [3.05, 3.63) is 35.8 Å². The molecule has 0 fully saturated rings. The molecule has 7 nitrogen and oxygen atoms in total. The van der Waals surface area contributed by atoms with E-state index in [1.807, 2.05) is 27.0 Å². The Morgan fingerprint density at radius 1 is 1.18 bits per heavy atom. The first kappa shape index (κ1) is 21.5. The summed E-state index contributed by atoms with van der Waals surface area (Å²) in [6.07, 6.45) is 2.97. The Balaban J connectivity index is 1.66. The Bertz CT molecular complexity index is 811. The number of alkyl carbamates (subject to hydrolysis) is 1. The van der Waals surface area contributed by atoms with Crippen molar-refractivity contribution < 1.29 is 13.9 Å². The van der Waals surface area contributed by atoms with E-state index in [4.69, 9.17) is 4.74 Å². The standard InChI is InChI=1S/C20H30FN5O2/c1-20(2,3)28-19(27)25-10-5-9-23-18(22-4)24-11-8-14-13-26-17-7-6-15(21)12-16(14)17/h6-7,12-13,26H,5,8-11H2,1-4H3,(H,25,27)(H2,22,23,24). The number of aliphatic imine (C=N–C) groups is 1. The molecule has 2 rings (SSSR count). The minimum Gasteiger partial charge on any atom is -0.444 e. The highest BCUT2D eigenvalue weighted by atomic mass is 19.1. The Hall–Kier alpha value is -2.77. The average molecular weight is 391 g/mol. The first-order valence-corrected chi connectivity index (χ1v) is 9.45. The molecule has 4 N–H and O–H groups in total. The number of nitrogens with one attached hydrogen (secondary N) is 4. The Morgan fingerprint density at radius 3 is 2.61 bits per heavy atom. The summed E-state index contributed by atoms with van der Waals surface area (Å²) in [5, 5.41) is 10.1. The number of hydrogen-bond donors (Lipinski definition) is 4. The number of carbonyl (C=O) groups is 1. The molecule has 0 aliphatic carbocycles. The van der Waals surface area contributed by atoms with Crippen molar-refractivity contribution in [3.8, 4) is 0 Å². The number of amides is 1. The monoisotopic (exact) mass is 391 g/mol. The molecule has 1 heterocycles. The SMILES string of the molecule is CN=C(NCCCNC(=O)OC(C)(C)C)NCCc1c[nH]c2ccc(F)cc12. The summed E-state index contributed by atoms with van der Waals surface area (Å²) in [4.78, 5) is 18.9. The van der Waals surface area contributed by atoms with Crippen molar-refractivity contribution in [2.24, 2.45) is 4.99 Å². The van der Waals surface area contributed by atoms with Crippen LogP contribution < -0.4 is 16.0 Å². The molecule has 0 unspecified atom stereocenters. The van der Waals surface area contributed by atoms with Gasteiger partial charge in [-0.2, -0.15) is 0 Å². The molecule has 28 heavy (non-hydrogen) atoms. The molecule has 1 aromatic carbocycles. The van der Waals surface area contributed by atoms with Crippen molar-refractivity contribution in [3.63, 3.8) is 0 Å². The lowest BCUT2D eigenvalue weighted by Crippen LogP contribution is -2.40. The van der Waals surface area contributed by atoms with Gasteiger partial charge in [-0.05, 0) is 57.4 Å². The number of H-pyrrole nitrogens is 1. The van der Waals surface area contributed by atoms with E-state index in [1.165, 1.54) is 6.07 Å². The summed E-state index contributed by atoms with van der Waals surface area (Å²) in [5.74, 6) is 0.446. The molecule has 1 amide bonds. The first-order valence-electron chi connectivity index (χ1n) is 9.45. The Labute approximate surface area is 165 Å². The number of rotatable bonds is 7. The van der Waals surface area contributed by atoms with Crippen molar-refractivity contribution in [1.82, 2.24) is 20.9 Å². The van der Waals surface area contributed by atoms with E-state index in [0.29, 0.717) is 25.6 Å². The van der Waals surface area contributed by atoms with Gasteiger partial charge in [0.05, 0.1) is 0 Å². The molecule has 0 saturated carbocycles. The maximum Gasteiger partial charge on any atom is 0.407 e. The lowest BCUT2D eigenvalue weighted by Gasteiger charge is -2.19. The zero-order chi connectivity index (χ0) is 20.6. The van der Waals surface area contributed by atoms with Crippen LogP contribution in [0.4, 0.5) is 9.18 Å². The van der Waals surface area contributed by atoms with Crippen LogP contribution in [-0.4, -0.2) is 49.3 Å². The Morgan fingerprint density at radius 2 is 1.89 bits per heavy atom. The van der Waals surface area contributed by atoms with E-state index in [-0.39, 0.29) is 5.82 Å². The first-order chi connectivity index (χ1) is 13.3. The van der Waals surface area contributed by atoms with Gasteiger partial charge in [0, 0.05) is 43.8 Å². The van der Waals surface area contributed by atoms with Gasteiger partial charge in [-0.1, -0.05) is 0 Å². The lowest BCUT2D eigenvalue weighted by molar-refractivity contribution is 0.0527. The Kier molecular flexibility index (Phi) is 7.66. The van der Waals surface area contributed by atoms with Crippen LogP contribution >= 0.6 is 0 Å². The summed E-state index contributed by atoms with van der Waals surface area (Å²) in [5.41, 5.74) is 1.49. The van der Waals surface area contributed by atoms with E-state index in [1.54, 1.807) is 19.2 Å². The zero-order valence-electron chi connectivity index (χ0n) is 17.0. The van der Waals surface area contributed by atoms with Gasteiger partial charge in [0.1, 0.15) is 11.4 Å². The number of carbonyl (C=O) groups excluding carboxylic acids is 1. The molecular weight excluding hydrogens is 361 g/mol. The molecule has 1 aromatic heterocycles. The number of aromatic nitrogens is 1. The molecule has 0 radical (unpaired) electrons. The van der Waals surface area contributed by atoms with E-state index in [2.05, 4.69) is 25.9 Å². The molecule has 0 bridgehead atoms. The van der Waals surface area contributed by atoms with Gasteiger partial charge in [-0.3, -0.25) is 4.99 Å². The molecule has 0 saturated heterocycles. The van der Waals surface area contributed by atoms with Gasteiger partial charge in [-0.25, -0.2) is 9.18 Å². The third-order valence-electron chi connectivity index (χ3n) is 3.95. The summed E-state index contributed by atoms with van der Waals surface area (Å²) < 4.78 is 18.6. The van der Waals surface area contributed by atoms with Gasteiger partial charge in [0.2, 0.25) is 0 Å². The number of hydrogen-bond acceptors (Lipinski definition) is 3. The zero-order valence-corrected chi connectivity index (χ0v) is 17.0. The second kappa shape index (κ2) is 9.96. The molecule has 154 valence electrons. The topological polar surface area (TPSA) is 90.5 Å². The molecule has 8 heteroatoms. The van der Waals surface area contributed by atoms with Crippen LogP contribution in [0.5, 0.6) is 0 Å². The lowest BCUT2D eigenvalue weighted by atomic mass is 10.1. The van der Waals surface area contributed by atoms with Crippen molar-refractivity contribution in [2.75, 3.05) is 26.7 Å². The van der Waals surface area contributed by atoms with Crippen LogP contribution in [0.2, 0.25) is 0 Å². The summed E-state index contributed by atoms with van der Waals surface area (Å²) in [6.45, 7) is 7.33. The van der Waals surface area contributed by atoms with Crippen molar-refractivity contribution in [2.45, 2.75) is 39.2 Å². The highest BCUT2D eigenvalue weighted by Gasteiger charge is 2.15. The van der Waals surface area contributed by atoms with Crippen LogP contribution in [0.25, 0.3) is 10.9 Å². The highest BCUT2D eigenvalue weighted by Crippen LogP contribution is 2.19. The number of aromatic amines is 1. The van der Waals surface area contributed by atoms with Gasteiger partial charge in [0.15, 0.2) is 5.96 Å². The maximum atomic E-state index is 13.4. The summed E-state index contributed by atoms with van der Waals surface area (Å²) >= 11 is 0. The van der Waals surface area contributed by atoms with Gasteiger partial charge < -0.3 is 25.7 Å². The largest absolute Gasteiger partial charge is 0.444 e. The number of ether oxygens (including phenoxy) is 1. The minimum absolute atomic E-state index is 0.237. The predicted octanol–water partition coefficient (Wildman–Crippen LogP) is 2.93. The van der Waals surface area contributed by atoms with Gasteiger partial charge >= 0.3 is 6.09 Å². The minimum atomic E-state index is -0.495. The van der Waals surface area contributed by atoms with Crippen LogP contribution in [0, 0.1) is 5.82 Å². The highest BCUT2D eigenvalue weighted by molar-refractivity contribution is 5.83. The van der Waals surface area contributed by atoms with Crippen molar-refractivity contribution >= 4 is 23.0 Å². The van der Waals surface area contributed by atoms with Crippen LogP contribution in [-0.2, 0) is 11.2 Å². The molecular formula is C20H30FN5O2. The van der Waals surface area contributed by atoms with E-state index >= 15 is 0 Å². The van der Waals surface area contributed by atoms with Gasteiger partial charge in [-0.15, -0.1) is 0 Å². The summed E-state index contributed by atoms with van der Waals surface area (Å²) in [7, 11) is 1.70. The number of nitrogens with zero attached hydrogens (tertiary/aromatic N) is 1. The second-order valence-electron chi connectivity index (χ2n) is 7.46. The smallest absolute Gasteiger partial charge is 0.407 e. The van der Waals surface area contributed by atoms with Crippen molar-refractivity contribution in [1.29, 1.82) is 0 Å². The number of guanidine groups is 1. The second-order valence-corrected chi connectivity index (χ2v) is 7.46. The third kappa shape index (κ3) is 7.09. The van der Waals surface area contributed by atoms with Crippen LogP contribution in [0.15, 0.2) is 29.4 Å². The third-order valence-corrected chi connectivity index (χ3v) is 3.95. The summed E-state index contributed by atoms with van der Waals surface area (Å²) in [6, 6.07) is 4.74. The van der Waals surface area contributed by atoms with E-state index in [9.17, 15) is 9.18 Å². The molecule has 0 atom stereocenters. The van der Waals surface area contributed by atoms with E-state index < -0.39 is 11.7 Å². The molecule has 2 aromatic rings. The number of fused-ring (bicyclic) bond motifs is 1. The molecule has 0 aliphatic heterocycles. The van der Waals surface area contributed by atoms with Crippen LogP contribution in [0.3, 0.4) is 0 Å². The fourth-order valence-corrected chi connectivity index (χ4v) is 2.69. The van der Waals surface area contributed by atoms with Gasteiger partial charge in [0.25, 0.3) is 0 Å². The average Bonchev–Trinajstić information content (AvgIpc) is 3.00. The molecule has 0 aliphatic rings. The van der Waals surface area contributed by atoms with Crippen LogP contribution in [0.1, 0.15) is 32.8 Å². The molecule has 0 spiro atoms. The number of halogens is 1. The van der Waals surface area contributed by atoms with E-state index in [0.717, 1.165) is 29.3 Å². The normalized spacial score (nSPS) is 12.1. The predicted molar refractivity (Wildman–Crippen MR) is 110 cm³/mol. The maximum absolute atomic E-state index is 13.4. The number of benzene rings is 1. The quantitative estimate of drug-likeness (QED) is 0.332. The fraction of sp³-hybridized carbons (Fsp3) is 0.500. The fourth-order valence-electron chi connectivity index (χ4n) is 2.69.